The van der Waals surface area contributed by atoms with Gasteiger partial charge in [0.1, 0.15) is 11.6 Å². The molecule has 0 N–H and O–H groups in total. The summed E-state index contributed by atoms with van der Waals surface area (Å²) < 4.78 is 30.6. The van der Waals surface area contributed by atoms with Gasteiger partial charge in [-0.3, -0.25) is 0 Å². The summed E-state index contributed by atoms with van der Waals surface area (Å²) in [6, 6.07) is 3.59. The molecule has 1 aliphatic heterocycles. The van der Waals surface area contributed by atoms with Gasteiger partial charge in [-0.25, -0.2) is 8.78 Å². The Morgan fingerprint density at radius 1 is 1.31 bits per heavy atom. The normalized spacial score (nSPS) is 22.8. The Kier molecular flexibility index (Phi) is 2.04. The molecular weight excluding hydrogens is 174 g/mol. The van der Waals surface area contributed by atoms with E-state index in [9.17, 15) is 8.78 Å². The molecule has 0 saturated carbocycles. The molecule has 70 valence electrons. The maximum Gasteiger partial charge on any atom is 0.126 e. The average molecular weight is 184 g/mol. The van der Waals surface area contributed by atoms with E-state index in [0.29, 0.717) is 12.2 Å². The minimum Gasteiger partial charge on any atom is -0.372 e. The number of hydrogen-bond acceptors (Lipinski definition) is 1. The summed E-state index contributed by atoms with van der Waals surface area (Å²) in [5, 5.41) is 0. The number of epoxide rings is 1. The van der Waals surface area contributed by atoms with Gasteiger partial charge in [-0.2, -0.15) is 0 Å². The van der Waals surface area contributed by atoms with Crippen molar-refractivity contribution in [1.29, 1.82) is 0 Å². The first-order chi connectivity index (χ1) is 6.16. The summed E-state index contributed by atoms with van der Waals surface area (Å²) in [7, 11) is 0. The van der Waals surface area contributed by atoms with Crippen molar-refractivity contribution in [3.05, 3.63) is 35.4 Å². The van der Waals surface area contributed by atoms with Crippen molar-refractivity contribution in [2.45, 2.75) is 18.9 Å². The van der Waals surface area contributed by atoms with Crippen LogP contribution in [0.4, 0.5) is 8.78 Å². The molecule has 0 spiro atoms. The number of ether oxygens (including phenoxy) is 1. The van der Waals surface area contributed by atoms with E-state index in [-0.39, 0.29) is 12.0 Å². The fraction of sp³-hybridized carbons (Fsp3) is 0.400. The molecule has 2 unspecified atom stereocenters. The van der Waals surface area contributed by atoms with E-state index < -0.39 is 11.6 Å². The third-order valence-electron chi connectivity index (χ3n) is 2.33. The van der Waals surface area contributed by atoms with Gasteiger partial charge in [0.25, 0.3) is 0 Å². The number of rotatable bonds is 2. The molecule has 13 heavy (non-hydrogen) atoms. The van der Waals surface area contributed by atoms with Crippen LogP contribution in [-0.2, 0) is 4.74 Å². The molecule has 1 aromatic carbocycles. The average Bonchev–Trinajstić information content (AvgIpc) is 2.83. The second-order valence-electron chi connectivity index (χ2n) is 3.36. The third kappa shape index (κ3) is 1.86. The van der Waals surface area contributed by atoms with Gasteiger partial charge >= 0.3 is 0 Å². The van der Waals surface area contributed by atoms with Crippen molar-refractivity contribution >= 4 is 0 Å². The maximum atomic E-state index is 12.8. The molecule has 3 heteroatoms. The van der Waals surface area contributed by atoms with Crippen LogP contribution >= 0.6 is 0 Å². The van der Waals surface area contributed by atoms with E-state index >= 15 is 0 Å². The molecule has 1 fully saturated rings. The van der Waals surface area contributed by atoms with Crippen molar-refractivity contribution in [3.8, 4) is 0 Å². The van der Waals surface area contributed by atoms with Gasteiger partial charge in [0.2, 0.25) is 0 Å². The summed E-state index contributed by atoms with van der Waals surface area (Å²) in [5.74, 6) is -0.977. The molecule has 0 aromatic heterocycles. The van der Waals surface area contributed by atoms with Crippen LogP contribution < -0.4 is 0 Å². The Morgan fingerprint density at radius 2 is 1.85 bits per heavy atom. The third-order valence-corrected chi connectivity index (χ3v) is 2.33. The van der Waals surface area contributed by atoms with Crippen LogP contribution in [0.5, 0.6) is 0 Å². The Bertz CT molecular complexity index is 300. The van der Waals surface area contributed by atoms with E-state index in [1.807, 2.05) is 6.92 Å². The molecule has 2 atom stereocenters. The smallest absolute Gasteiger partial charge is 0.126 e. The zero-order valence-electron chi connectivity index (χ0n) is 7.26. The van der Waals surface area contributed by atoms with Gasteiger partial charge in [0, 0.05) is 12.0 Å². The van der Waals surface area contributed by atoms with Gasteiger partial charge in [-0.1, -0.05) is 6.92 Å². The molecule has 1 heterocycles. The first-order valence-corrected chi connectivity index (χ1v) is 4.24. The van der Waals surface area contributed by atoms with Crippen LogP contribution in [0.15, 0.2) is 18.2 Å². The van der Waals surface area contributed by atoms with Gasteiger partial charge in [0.15, 0.2) is 0 Å². The zero-order chi connectivity index (χ0) is 9.42. The molecule has 0 bridgehead atoms. The van der Waals surface area contributed by atoms with Crippen LogP contribution in [0.25, 0.3) is 0 Å². The fourth-order valence-electron chi connectivity index (χ4n) is 1.40. The Hall–Kier alpha value is -0.960. The quantitative estimate of drug-likeness (QED) is 0.643. The first kappa shape index (κ1) is 8.63. The van der Waals surface area contributed by atoms with Gasteiger partial charge in [-0.05, 0) is 17.7 Å². The lowest BCUT2D eigenvalue weighted by molar-refractivity contribution is 0.381. The predicted octanol–water partition coefficient (Wildman–Crippen LogP) is 2.47. The molecule has 0 amide bonds. The van der Waals surface area contributed by atoms with E-state index in [1.165, 1.54) is 12.1 Å². The first-order valence-electron chi connectivity index (χ1n) is 4.24. The van der Waals surface area contributed by atoms with E-state index in [2.05, 4.69) is 0 Å². The summed E-state index contributed by atoms with van der Waals surface area (Å²) in [5.41, 5.74) is 0.667. The summed E-state index contributed by atoms with van der Waals surface area (Å²) in [6.45, 7) is 2.60. The second-order valence-corrected chi connectivity index (χ2v) is 3.36. The standard InChI is InChI=1S/C10H10F2O/c1-6(10-5-13-10)7-2-8(11)4-9(12)3-7/h2-4,6,10H,5H2,1H3. The van der Waals surface area contributed by atoms with Gasteiger partial charge in [0.05, 0.1) is 12.7 Å². The fourth-order valence-corrected chi connectivity index (χ4v) is 1.40. The van der Waals surface area contributed by atoms with Crippen molar-refractivity contribution in [3.63, 3.8) is 0 Å². The lowest BCUT2D eigenvalue weighted by Gasteiger charge is -2.08. The van der Waals surface area contributed by atoms with Crippen molar-refractivity contribution in [2.75, 3.05) is 6.61 Å². The monoisotopic (exact) mass is 184 g/mol. The van der Waals surface area contributed by atoms with Crippen molar-refractivity contribution in [2.24, 2.45) is 0 Å². The van der Waals surface area contributed by atoms with Crippen LogP contribution in [0, 0.1) is 11.6 Å². The molecule has 1 saturated heterocycles. The van der Waals surface area contributed by atoms with Crippen LogP contribution in [-0.4, -0.2) is 12.7 Å². The molecule has 1 aliphatic rings. The number of halogens is 2. The zero-order valence-corrected chi connectivity index (χ0v) is 7.26. The van der Waals surface area contributed by atoms with Crippen LogP contribution in [0.3, 0.4) is 0 Å². The minimum atomic E-state index is -0.525. The highest BCUT2D eigenvalue weighted by Gasteiger charge is 2.30. The minimum absolute atomic E-state index is 0.0743. The molecule has 0 radical (unpaired) electrons. The SMILES string of the molecule is CC(c1cc(F)cc(F)c1)C1CO1. The molecule has 1 nitrogen and oxygen atoms in total. The highest BCUT2D eigenvalue weighted by molar-refractivity contribution is 5.23. The van der Waals surface area contributed by atoms with Crippen molar-refractivity contribution in [1.82, 2.24) is 0 Å². The van der Waals surface area contributed by atoms with Crippen molar-refractivity contribution < 1.29 is 13.5 Å². The second kappa shape index (κ2) is 3.07. The number of benzene rings is 1. The molecule has 0 aliphatic carbocycles. The predicted molar refractivity (Wildman–Crippen MR) is 44.5 cm³/mol. The van der Waals surface area contributed by atoms with Gasteiger partial charge < -0.3 is 4.74 Å². The Labute approximate surface area is 75.3 Å². The summed E-state index contributed by atoms with van der Waals surface area (Å²) >= 11 is 0. The van der Waals surface area contributed by atoms with E-state index in [4.69, 9.17) is 4.74 Å². The van der Waals surface area contributed by atoms with Crippen LogP contribution in [0.1, 0.15) is 18.4 Å². The topological polar surface area (TPSA) is 12.5 Å². The van der Waals surface area contributed by atoms with E-state index in [0.717, 1.165) is 6.07 Å². The summed E-state index contributed by atoms with van der Waals surface area (Å²) in [4.78, 5) is 0. The summed E-state index contributed by atoms with van der Waals surface area (Å²) in [6.07, 6.45) is 0.140. The molecule has 1 aromatic rings. The molecule has 2 rings (SSSR count). The maximum absolute atomic E-state index is 12.8. The largest absolute Gasteiger partial charge is 0.372 e. The Balaban J connectivity index is 2.27. The molecular formula is C10H10F2O. The Morgan fingerprint density at radius 3 is 2.31 bits per heavy atom. The highest BCUT2D eigenvalue weighted by Crippen LogP contribution is 2.29. The van der Waals surface area contributed by atoms with E-state index in [1.54, 1.807) is 0 Å². The lowest BCUT2D eigenvalue weighted by atomic mass is 9.98. The number of hydrogen-bond donors (Lipinski definition) is 0. The van der Waals surface area contributed by atoms with Gasteiger partial charge in [-0.15, -0.1) is 0 Å². The lowest BCUT2D eigenvalue weighted by Crippen LogP contribution is -2.02. The van der Waals surface area contributed by atoms with Crippen LogP contribution in [0.2, 0.25) is 0 Å². The highest BCUT2D eigenvalue weighted by atomic mass is 19.1.